The lowest BCUT2D eigenvalue weighted by atomic mass is 10.1. The number of fused-ring (bicyclic) bond motifs is 1. The number of aromatic hydroxyl groups is 1. The molecule has 1 N–H and O–H groups in total. The van der Waals surface area contributed by atoms with Crippen molar-refractivity contribution < 1.29 is 9.50 Å². The molecule has 0 atom stereocenters. The zero-order valence-electron chi connectivity index (χ0n) is 6.57. The number of halogens is 2. The van der Waals surface area contributed by atoms with Gasteiger partial charge in [0.1, 0.15) is 11.6 Å². The largest absolute Gasteiger partial charge is 0.507 e. The van der Waals surface area contributed by atoms with Gasteiger partial charge >= 0.3 is 0 Å². The number of rotatable bonds is 0. The molecule has 0 spiro atoms. The summed E-state index contributed by atoms with van der Waals surface area (Å²) in [6.07, 6.45) is 2.93. The van der Waals surface area contributed by atoms with Crippen LogP contribution in [0.1, 0.15) is 0 Å². The van der Waals surface area contributed by atoms with Crippen molar-refractivity contribution in [3.63, 3.8) is 0 Å². The summed E-state index contributed by atoms with van der Waals surface area (Å²) < 4.78 is 13.0. The third-order valence-electron chi connectivity index (χ3n) is 1.74. The van der Waals surface area contributed by atoms with Crippen molar-refractivity contribution in [2.45, 2.75) is 0 Å². The van der Waals surface area contributed by atoms with Crippen LogP contribution in [-0.2, 0) is 0 Å². The third kappa shape index (κ3) is 1.62. The molecule has 68 valence electrons. The van der Waals surface area contributed by atoms with E-state index in [4.69, 9.17) is 0 Å². The van der Waals surface area contributed by atoms with Crippen LogP contribution in [0.2, 0.25) is 0 Å². The maximum absolute atomic E-state index is 13.0. The van der Waals surface area contributed by atoms with Crippen LogP contribution in [0, 0.1) is 5.82 Å². The van der Waals surface area contributed by atoms with Crippen LogP contribution in [0.15, 0.2) is 30.6 Å². The molecule has 1 aromatic heterocycles. The van der Waals surface area contributed by atoms with Crippen molar-refractivity contribution >= 4 is 27.8 Å². The average molecular weight is 244 g/mol. The number of phenols is 1. The first-order valence-electron chi connectivity index (χ1n) is 3.50. The molecule has 2 rings (SSSR count). The van der Waals surface area contributed by atoms with Crippen molar-refractivity contribution in [3.05, 3.63) is 36.4 Å². The highest BCUT2D eigenvalue weighted by molar-refractivity contribution is 8.93. The third-order valence-corrected chi connectivity index (χ3v) is 1.74. The second kappa shape index (κ2) is 3.70. The van der Waals surface area contributed by atoms with E-state index in [0.29, 0.717) is 10.8 Å². The van der Waals surface area contributed by atoms with E-state index in [1.165, 1.54) is 30.6 Å². The molecule has 2 aromatic rings. The Hall–Kier alpha value is -1.16. The summed E-state index contributed by atoms with van der Waals surface area (Å²) in [5.74, 6) is -0.287. The van der Waals surface area contributed by atoms with Gasteiger partial charge in [-0.05, 0) is 18.2 Å². The second-order valence-electron chi connectivity index (χ2n) is 2.49. The molecule has 0 unspecified atom stereocenters. The molecule has 0 fully saturated rings. The molecule has 0 bridgehead atoms. The van der Waals surface area contributed by atoms with Crippen molar-refractivity contribution in [1.29, 1.82) is 0 Å². The van der Waals surface area contributed by atoms with Crippen LogP contribution in [-0.4, -0.2) is 10.1 Å². The first kappa shape index (κ1) is 9.92. The standard InChI is InChI=1S/C9H6FNO.BrH/c10-8-1-2-9(12)7-5-11-4-3-6(7)8;/h1-5,12H;1H. The van der Waals surface area contributed by atoms with E-state index in [1.807, 2.05) is 0 Å². The van der Waals surface area contributed by atoms with Gasteiger partial charge in [-0.2, -0.15) is 0 Å². The van der Waals surface area contributed by atoms with Gasteiger partial charge in [0.05, 0.1) is 0 Å². The Morgan fingerprint density at radius 3 is 2.62 bits per heavy atom. The summed E-state index contributed by atoms with van der Waals surface area (Å²) >= 11 is 0. The summed E-state index contributed by atoms with van der Waals surface area (Å²) in [6, 6.07) is 4.08. The van der Waals surface area contributed by atoms with Crippen molar-refractivity contribution in [2.75, 3.05) is 0 Å². The number of aromatic nitrogens is 1. The molecule has 0 saturated carbocycles. The van der Waals surface area contributed by atoms with Crippen LogP contribution in [0.4, 0.5) is 4.39 Å². The number of nitrogens with zero attached hydrogens (tertiary/aromatic N) is 1. The van der Waals surface area contributed by atoms with Gasteiger partial charge < -0.3 is 5.11 Å². The fourth-order valence-corrected chi connectivity index (χ4v) is 1.14. The number of phenolic OH excluding ortho intramolecular Hbond substituents is 1. The Kier molecular flexibility index (Phi) is 2.83. The highest BCUT2D eigenvalue weighted by Crippen LogP contribution is 2.25. The molecule has 0 saturated heterocycles. The van der Waals surface area contributed by atoms with Crippen LogP contribution in [0.5, 0.6) is 5.75 Å². The van der Waals surface area contributed by atoms with Crippen LogP contribution >= 0.6 is 17.0 Å². The fraction of sp³-hybridized carbons (Fsp3) is 0. The number of pyridine rings is 1. The molecule has 0 radical (unpaired) electrons. The van der Waals surface area contributed by atoms with Gasteiger partial charge in [-0.1, -0.05) is 0 Å². The van der Waals surface area contributed by atoms with E-state index in [1.54, 1.807) is 0 Å². The lowest BCUT2D eigenvalue weighted by Gasteiger charge is -1.99. The Morgan fingerprint density at radius 1 is 1.15 bits per heavy atom. The Balaban J connectivity index is 0.000000845. The van der Waals surface area contributed by atoms with E-state index in [2.05, 4.69) is 4.98 Å². The Morgan fingerprint density at radius 2 is 1.92 bits per heavy atom. The minimum absolute atomic E-state index is 0. The average Bonchev–Trinajstić information content (AvgIpc) is 2.12. The van der Waals surface area contributed by atoms with Gasteiger partial charge in [-0.3, -0.25) is 4.98 Å². The normalized spacial score (nSPS) is 9.62. The summed E-state index contributed by atoms with van der Waals surface area (Å²) in [7, 11) is 0. The Labute approximate surface area is 84.8 Å². The molecule has 13 heavy (non-hydrogen) atoms. The molecular weight excluding hydrogens is 237 g/mol. The lowest BCUT2D eigenvalue weighted by Crippen LogP contribution is -1.80. The van der Waals surface area contributed by atoms with Gasteiger partial charge in [-0.25, -0.2) is 4.39 Å². The van der Waals surface area contributed by atoms with Gasteiger partial charge in [-0.15, -0.1) is 17.0 Å². The smallest absolute Gasteiger partial charge is 0.131 e. The van der Waals surface area contributed by atoms with Crippen LogP contribution in [0.25, 0.3) is 10.8 Å². The maximum Gasteiger partial charge on any atom is 0.131 e. The molecule has 1 heterocycles. The van der Waals surface area contributed by atoms with Gasteiger partial charge in [0, 0.05) is 23.2 Å². The summed E-state index contributed by atoms with van der Waals surface area (Å²) in [5, 5.41) is 10.1. The summed E-state index contributed by atoms with van der Waals surface area (Å²) in [5.41, 5.74) is 0. The quantitative estimate of drug-likeness (QED) is 0.772. The van der Waals surface area contributed by atoms with Gasteiger partial charge in [0.2, 0.25) is 0 Å². The molecule has 2 nitrogen and oxygen atoms in total. The molecule has 0 aliphatic carbocycles. The first-order chi connectivity index (χ1) is 5.79. The number of hydrogen-bond donors (Lipinski definition) is 1. The number of hydrogen-bond acceptors (Lipinski definition) is 2. The molecule has 0 aliphatic rings. The van der Waals surface area contributed by atoms with Gasteiger partial charge in [0.15, 0.2) is 0 Å². The molecule has 0 aliphatic heterocycles. The van der Waals surface area contributed by atoms with Crippen LogP contribution in [0.3, 0.4) is 0 Å². The second-order valence-corrected chi connectivity index (χ2v) is 2.49. The van der Waals surface area contributed by atoms with E-state index < -0.39 is 0 Å². The zero-order valence-corrected chi connectivity index (χ0v) is 8.28. The highest BCUT2D eigenvalue weighted by atomic mass is 79.9. The van der Waals surface area contributed by atoms with Gasteiger partial charge in [0.25, 0.3) is 0 Å². The minimum Gasteiger partial charge on any atom is -0.507 e. The van der Waals surface area contributed by atoms with Crippen molar-refractivity contribution in [3.8, 4) is 5.75 Å². The first-order valence-corrected chi connectivity index (χ1v) is 3.50. The summed E-state index contributed by atoms with van der Waals surface area (Å²) in [4.78, 5) is 3.79. The number of benzene rings is 1. The van der Waals surface area contributed by atoms with E-state index >= 15 is 0 Å². The Bertz CT molecular complexity index is 392. The predicted octanol–water partition coefficient (Wildman–Crippen LogP) is 2.66. The van der Waals surface area contributed by atoms with E-state index in [0.717, 1.165) is 0 Å². The topological polar surface area (TPSA) is 33.1 Å². The van der Waals surface area contributed by atoms with Crippen molar-refractivity contribution in [1.82, 2.24) is 4.98 Å². The highest BCUT2D eigenvalue weighted by Gasteiger charge is 2.02. The molecule has 4 heteroatoms. The SMILES string of the molecule is Br.Oc1ccc(F)c2ccncc12. The molecule has 1 aromatic carbocycles. The fourth-order valence-electron chi connectivity index (χ4n) is 1.14. The van der Waals surface area contributed by atoms with E-state index in [9.17, 15) is 9.50 Å². The molecular formula is C9H7BrFNO. The predicted molar refractivity (Wildman–Crippen MR) is 53.7 cm³/mol. The van der Waals surface area contributed by atoms with E-state index in [-0.39, 0.29) is 28.5 Å². The molecule has 0 amide bonds. The maximum atomic E-state index is 13.0. The van der Waals surface area contributed by atoms with Crippen molar-refractivity contribution in [2.24, 2.45) is 0 Å². The monoisotopic (exact) mass is 243 g/mol. The van der Waals surface area contributed by atoms with Crippen LogP contribution < -0.4 is 0 Å². The zero-order chi connectivity index (χ0) is 8.55. The summed E-state index contributed by atoms with van der Waals surface area (Å²) in [6.45, 7) is 0. The minimum atomic E-state index is -0.342. The lowest BCUT2D eigenvalue weighted by molar-refractivity contribution is 0.480.